The van der Waals surface area contributed by atoms with Crippen molar-refractivity contribution in [1.82, 2.24) is 0 Å². The summed E-state index contributed by atoms with van der Waals surface area (Å²) in [6.07, 6.45) is 0. The van der Waals surface area contributed by atoms with Gasteiger partial charge in [0.15, 0.2) is 0 Å². The molecule has 0 fully saturated rings. The molecule has 0 bridgehead atoms. The standard InChI is InChI=1S/C17H16O/c1-3-18-17-7-6-14-9-15-8-12(2)4-5-13(15)10-16(14)11-17/h4-11H,3H2,1-2H3. The summed E-state index contributed by atoms with van der Waals surface area (Å²) >= 11 is 0. The predicted octanol–water partition coefficient (Wildman–Crippen LogP) is 4.70. The minimum absolute atomic E-state index is 0.707. The molecule has 0 radical (unpaired) electrons. The molecule has 0 saturated heterocycles. The predicted molar refractivity (Wildman–Crippen MR) is 77.4 cm³/mol. The van der Waals surface area contributed by atoms with Gasteiger partial charge in [0.25, 0.3) is 0 Å². The Balaban J connectivity index is 2.24. The molecule has 0 aliphatic carbocycles. The Kier molecular flexibility index (Phi) is 2.67. The molecule has 0 N–H and O–H groups in total. The van der Waals surface area contributed by atoms with Crippen LogP contribution in [0.4, 0.5) is 0 Å². The number of aryl methyl sites for hydroxylation is 1. The SMILES string of the molecule is CCOc1ccc2cc3cc(C)ccc3cc2c1. The van der Waals surface area contributed by atoms with Gasteiger partial charge in [0.05, 0.1) is 6.61 Å². The molecule has 1 nitrogen and oxygen atoms in total. The van der Waals surface area contributed by atoms with Crippen LogP contribution in [-0.4, -0.2) is 6.61 Å². The highest BCUT2D eigenvalue weighted by molar-refractivity contribution is 5.98. The Morgan fingerprint density at radius 1 is 0.778 bits per heavy atom. The maximum atomic E-state index is 5.55. The third kappa shape index (κ3) is 1.92. The lowest BCUT2D eigenvalue weighted by Crippen LogP contribution is -1.90. The zero-order chi connectivity index (χ0) is 12.5. The first-order valence-corrected chi connectivity index (χ1v) is 6.33. The van der Waals surface area contributed by atoms with Crippen LogP contribution in [0.3, 0.4) is 0 Å². The van der Waals surface area contributed by atoms with Crippen molar-refractivity contribution in [2.24, 2.45) is 0 Å². The van der Waals surface area contributed by atoms with Crippen LogP contribution in [0.1, 0.15) is 12.5 Å². The van der Waals surface area contributed by atoms with Gasteiger partial charge in [-0.2, -0.15) is 0 Å². The molecule has 0 aliphatic rings. The van der Waals surface area contributed by atoms with Crippen molar-refractivity contribution in [3.63, 3.8) is 0 Å². The van der Waals surface area contributed by atoms with E-state index >= 15 is 0 Å². The second-order valence-corrected chi connectivity index (χ2v) is 4.64. The Morgan fingerprint density at radius 3 is 2.17 bits per heavy atom. The molecular weight excluding hydrogens is 220 g/mol. The van der Waals surface area contributed by atoms with Crippen LogP contribution in [0.2, 0.25) is 0 Å². The fraction of sp³-hybridized carbons (Fsp3) is 0.176. The molecule has 3 aromatic rings. The first-order chi connectivity index (χ1) is 8.76. The number of rotatable bonds is 2. The van der Waals surface area contributed by atoms with E-state index in [2.05, 4.69) is 49.4 Å². The van der Waals surface area contributed by atoms with Crippen molar-refractivity contribution in [2.75, 3.05) is 6.61 Å². The average molecular weight is 236 g/mol. The van der Waals surface area contributed by atoms with E-state index in [4.69, 9.17) is 4.74 Å². The van der Waals surface area contributed by atoms with Crippen molar-refractivity contribution in [2.45, 2.75) is 13.8 Å². The summed E-state index contributed by atoms with van der Waals surface area (Å²) in [5.41, 5.74) is 1.30. The molecule has 90 valence electrons. The Labute approximate surface area is 107 Å². The van der Waals surface area contributed by atoms with Crippen molar-refractivity contribution in [3.8, 4) is 5.75 Å². The summed E-state index contributed by atoms with van der Waals surface area (Å²) < 4.78 is 5.55. The highest BCUT2D eigenvalue weighted by atomic mass is 16.5. The summed E-state index contributed by atoms with van der Waals surface area (Å²) in [5.74, 6) is 0.941. The lowest BCUT2D eigenvalue weighted by atomic mass is 10.0. The van der Waals surface area contributed by atoms with Crippen LogP contribution in [0.25, 0.3) is 21.5 Å². The van der Waals surface area contributed by atoms with Gasteiger partial charge < -0.3 is 4.74 Å². The second-order valence-electron chi connectivity index (χ2n) is 4.64. The van der Waals surface area contributed by atoms with E-state index in [1.807, 2.05) is 13.0 Å². The fourth-order valence-electron chi connectivity index (χ4n) is 2.35. The molecule has 0 heterocycles. The topological polar surface area (TPSA) is 9.23 Å². The van der Waals surface area contributed by atoms with Gasteiger partial charge in [0, 0.05) is 0 Å². The molecule has 18 heavy (non-hydrogen) atoms. The van der Waals surface area contributed by atoms with Crippen molar-refractivity contribution >= 4 is 21.5 Å². The van der Waals surface area contributed by atoms with E-state index in [-0.39, 0.29) is 0 Å². The number of hydrogen-bond acceptors (Lipinski definition) is 1. The van der Waals surface area contributed by atoms with Crippen LogP contribution in [0, 0.1) is 6.92 Å². The quantitative estimate of drug-likeness (QED) is 0.586. The molecular formula is C17H16O. The molecule has 3 aromatic carbocycles. The Hall–Kier alpha value is -2.02. The minimum Gasteiger partial charge on any atom is -0.494 e. The van der Waals surface area contributed by atoms with Crippen LogP contribution >= 0.6 is 0 Å². The van der Waals surface area contributed by atoms with Gasteiger partial charge in [-0.3, -0.25) is 0 Å². The van der Waals surface area contributed by atoms with E-state index in [9.17, 15) is 0 Å². The van der Waals surface area contributed by atoms with Gasteiger partial charge in [0.2, 0.25) is 0 Å². The monoisotopic (exact) mass is 236 g/mol. The van der Waals surface area contributed by atoms with Gasteiger partial charge in [-0.25, -0.2) is 0 Å². The highest BCUT2D eigenvalue weighted by Crippen LogP contribution is 2.26. The average Bonchev–Trinajstić information content (AvgIpc) is 2.37. The zero-order valence-electron chi connectivity index (χ0n) is 10.7. The molecule has 1 heteroatoms. The largest absolute Gasteiger partial charge is 0.494 e. The highest BCUT2D eigenvalue weighted by Gasteiger charge is 2.00. The first-order valence-electron chi connectivity index (χ1n) is 6.33. The van der Waals surface area contributed by atoms with Gasteiger partial charge in [-0.1, -0.05) is 29.8 Å². The van der Waals surface area contributed by atoms with E-state index in [1.165, 1.54) is 27.1 Å². The van der Waals surface area contributed by atoms with Crippen molar-refractivity contribution in [3.05, 3.63) is 54.1 Å². The Morgan fingerprint density at radius 2 is 1.44 bits per heavy atom. The summed E-state index contributed by atoms with van der Waals surface area (Å²) in [4.78, 5) is 0. The molecule has 0 aromatic heterocycles. The molecule has 0 amide bonds. The maximum Gasteiger partial charge on any atom is 0.119 e. The van der Waals surface area contributed by atoms with Gasteiger partial charge >= 0.3 is 0 Å². The van der Waals surface area contributed by atoms with E-state index < -0.39 is 0 Å². The number of ether oxygens (including phenoxy) is 1. The smallest absolute Gasteiger partial charge is 0.119 e. The van der Waals surface area contributed by atoms with Crippen LogP contribution in [0.15, 0.2) is 48.5 Å². The Bertz CT molecular complexity index is 713. The van der Waals surface area contributed by atoms with Gasteiger partial charge in [-0.15, -0.1) is 0 Å². The van der Waals surface area contributed by atoms with Crippen LogP contribution < -0.4 is 4.74 Å². The molecule has 0 atom stereocenters. The number of hydrogen-bond donors (Lipinski definition) is 0. The van der Waals surface area contributed by atoms with E-state index in [0.29, 0.717) is 6.61 Å². The van der Waals surface area contributed by atoms with Gasteiger partial charge in [-0.05, 0) is 59.7 Å². The summed E-state index contributed by atoms with van der Waals surface area (Å²) in [6, 6.07) is 17.3. The maximum absolute atomic E-state index is 5.55. The molecule has 0 saturated carbocycles. The van der Waals surface area contributed by atoms with Crippen LogP contribution in [0.5, 0.6) is 5.75 Å². The molecule has 3 rings (SSSR count). The lowest BCUT2D eigenvalue weighted by molar-refractivity contribution is 0.341. The van der Waals surface area contributed by atoms with E-state index in [1.54, 1.807) is 0 Å². The summed E-state index contributed by atoms with van der Waals surface area (Å²) in [5, 5.41) is 5.07. The van der Waals surface area contributed by atoms with Gasteiger partial charge in [0.1, 0.15) is 5.75 Å². The third-order valence-corrected chi connectivity index (χ3v) is 3.23. The number of fused-ring (bicyclic) bond motifs is 2. The third-order valence-electron chi connectivity index (χ3n) is 3.23. The lowest BCUT2D eigenvalue weighted by Gasteiger charge is -2.07. The van der Waals surface area contributed by atoms with Crippen molar-refractivity contribution < 1.29 is 4.74 Å². The van der Waals surface area contributed by atoms with Crippen molar-refractivity contribution in [1.29, 1.82) is 0 Å². The summed E-state index contributed by atoms with van der Waals surface area (Å²) in [6.45, 7) is 4.84. The first kappa shape index (κ1) is 11.1. The molecule has 0 aliphatic heterocycles. The fourth-order valence-corrected chi connectivity index (χ4v) is 2.35. The van der Waals surface area contributed by atoms with E-state index in [0.717, 1.165) is 5.75 Å². The number of benzene rings is 3. The summed E-state index contributed by atoms with van der Waals surface area (Å²) in [7, 11) is 0. The second kappa shape index (κ2) is 4.34. The molecule has 0 unspecified atom stereocenters. The normalized spacial score (nSPS) is 11.0. The van der Waals surface area contributed by atoms with Crippen LogP contribution in [-0.2, 0) is 0 Å². The minimum atomic E-state index is 0.707. The zero-order valence-corrected chi connectivity index (χ0v) is 10.7. The molecule has 0 spiro atoms.